The van der Waals surface area contributed by atoms with Gasteiger partial charge >= 0.3 is 5.69 Å². The van der Waals surface area contributed by atoms with Gasteiger partial charge in [0.2, 0.25) is 5.91 Å². The first-order valence-corrected chi connectivity index (χ1v) is 9.02. The number of piperazine rings is 1. The summed E-state index contributed by atoms with van der Waals surface area (Å²) in [6, 6.07) is 13.9. The number of fused-ring (bicyclic) bond motifs is 1. The van der Waals surface area contributed by atoms with Crippen molar-refractivity contribution in [3.05, 3.63) is 70.4 Å². The van der Waals surface area contributed by atoms with E-state index in [0.717, 1.165) is 29.7 Å². The molecule has 1 saturated heterocycles. The second-order valence-corrected chi connectivity index (χ2v) is 6.82. The van der Waals surface area contributed by atoms with Crippen LogP contribution in [0.1, 0.15) is 5.56 Å². The lowest BCUT2D eigenvalue weighted by atomic mass is 10.2. The molecule has 2 heterocycles. The summed E-state index contributed by atoms with van der Waals surface area (Å²) in [6.07, 6.45) is 0. The van der Waals surface area contributed by atoms with Crippen LogP contribution in [0.25, 0.3) is 11.0 Å². The van der Waals surface area contributed by atoms with Gasteiger partial charge in [-0.3, -0.25) is 14.3 Å². The highest BCUT2D eigenvalue weighted by Crippen LogP contribution is 2.12. The Hall–Kier alpha value is -2.93. The number of aromatic amines is 1. The first-order valence-electron chi connectivity index (χ1n) is 9.02. The molecule has 140 valence electrons. The normalized spacial score (nSPS) is 15.4. The highest BCUT2D eigenvalue weighted by Gasteiger charge is 2.22. The van der Waals surface area contributed by atoms with E-state index < -0.39 is 0 Å². The van der Waals surface area contributed by atoms with Gasteiger partial charge in [0, 0.05) is 32.7 Å². The van der Waals surface area contributed by atoms with Crippen LogP contribution in [-0.4, -0.2) is 51.4 Å². The minimum Gasteiger partial charge on any atom is -0.339 e. The van der Waals surface area contributed by atoms with E-state index in [0.29, 0.717) is 19.6 Å². The topological polar surface area (TPSA) is 61.3 Å². The molecule has 3 aromatic rings. The molecule has 0 bridgehead atoms. The Balaban J connectivity index is 1.37. The van der Waals surface area contributed by atoms with E-state index in [1.54, 1.807) is 17.0 Å². The van der Waals surface area contributed by atoms with Gasteiger partial charge in [-0.25, -0.2) is 9.18 Å². The van der Waals surface area contributed by atoms with Crippen molar-refractivity contribution in [1.82, 2.24) is 19.4 Å². The monoisotopic (exact) mass is 368 g/mol. The average Bonchev–Trinajstić information content (AvgIpc) is 2.98. The van der Waals surface area contributed by atoms with Crippen molar-refractivity contribution < 1.29 is 9.18 Å². The van der Waals surface area contributed by atoms with Crippen molar-refractivity contribution in [2.75, 3.05) is 26.2 Å². The number of H-pyrrole nitrogens is 1. The molecule has 2 aromatic carbocycles. The predicted molar refractivity (Wildman–Crippen MR) is 101 cm³/mol. The lowest BCUT2D eigenvalue weighted by Crippen LogP contribution is -2.49. The van der Waals surface area contributed by atoms with Crippen LogP contribution in [-0.2, 0) is 17.9 Å². The summed E-state index contributed by atoms with van der Waals surface area (Å²) in [7, 11) is 0. The maximum Gasteiger partial charge on any atom is 0.326 e. The summed E-state index contributed by atoms with van der Waals surface area (Å²) >= 11 is 0. The van der Waals surface area contributed by atoms with Crippen LogP contribution < -0.4 is 5.69 Å². The third-order valence-corrected chi connectivity index (χ3v) is 5.00. The number of hydrogen-bond acceptors (Lipinski definition) is 3. The largest absolute Gasteiger partial charge is 0.339 e. The zero-order chi connectivity index (χ0) is 18.8. The third kappa shape index (κ3) is 3.78. The Kier molecular flexibility index (Phi) is 4.77. The number of halogens is 1. The standard InChI is InChI=1S/C20H21FN4O2/c21-16-5-3-4-15(12-16)13-23-8-10-24(11-9-23)19(26)14-25-18-7-2-1-6-17(18)22-20(25)27/h1-7,12H,8-11,13-14H2,(H,22,27). The summed E-state index contributed by atoms with van der Waals surface area (Å²) in [5.74, 6) is -0.294. The summed E-state index contributed by atoms with van der Waals surface area (Å²) in [5.41, 5.74) is 2.13. The van der Waals surface area contributed by atoms with Gasteiger partial charge in [-0.15, -0.1) is 0 Å². The fourth-order valence-electron chi connectivity index (χ4n) is 3.55. The molecule has 0 aliphatic carbocycles. The second kappa shape index (κ2) is 7.36. The number of carbonyl (C=O) groups is 1. The Morgan fingerprint density at radius 1 is 1.04 bits per heavy atom. The van der Waals surface area contributed by atoms with Gasteiger partial charge < -0.3 is 9.88 Å². The Labute approximate surface area is 155 Å². The van der Waals surface area contributed by atoms with E-state index in [2.05, 4.69) is 9.88 Å². The van der Waals surface area contributed by atoms with Crippen molar-refractivity contribution in [2.24, 2.45) is 0 Å². The number of nitrogens with one attached hydrogen (secondary N) is 1. The zero-order valence-corrected chi connectivity index (χ0v) is 14.9. The summed E-state index contributed by atoms with van der Waals surface area (Å²) in [6.45, 7) is 3.36. The van der Waals surface area contributed by atoms with Crippen LogP contribution in [0, 0.1) is 5.82 Å². The fourth-order valence-corrected chi connectivity index (χ4v) is 3.55. The Morgan fingerprint density at radius 3 is 2.59 bits per heavy atom. The molecule has 0 radical (unpaired) electrons. The summed E-state index contributed by atoms with van der Waals surface area (Å²) in [4.78, 5) is 31.6. The van der Waals surface area contributed by atoms with Crippen molar-refractivity contribution in [1.29, 1.82) is 0 Å². The summed E-state index contributed by atoms with van der Waals surface area (Å²) in [5, 5.41) is 0. The molecule has 1 aliphatic rings. The molecule has 0 saturated carbocycles. The van der Waals surface area contributed by atoms with Crippen molar-refractivity contribution in [3.8, 4) is 0 Å². The number of imidazole rings is 1. The lowest BCUT2D eigenvalue weighted by molar-refractivity contribution is -0.133. The first kappa shape index (κ1) is 17.5. The molecule has 1 fully saturated rings. The van der Waals surface area contributed by atoms with E-state index in [-0.39, 0.29) is 24.0 Å². The lowest BCUT2D eigenvalue weighted by Gasteiger charge is -2.34. The molecule has 27 heavy (non-hydrogen) atoms. The Bertz CT molecular complexity index is 1020. The van der Waals surface area contributed by atoms with Crippen LogP contribution in [0.4, 0.5) is 4.39 Å². The molecule has 1 N–H and O–H groups in total. The molecule has 7 heteroatoms. The van der Waals surface area contributed by atoms with Crippen LogP contribution in [0.2, 0.25) is 0 Å². The third-order valence-electron chi connectivity index (χ3n) is 5.00. The number of rotatable bonds is 4. The highest BCUT2D eigenvalue weighted by atomic mass is 19.1. The molecule has 0 atom stereocenters. The number of aromatic nitrogens is 2. The first-order chi connectivity index (χ1) is 13.1. The minimum atomic E-state index is -0.269. The van der Waals surface area contributed by atoms with Crippen molar-refractivity contribution in [3.63, 3.8) is 0 Å². The van der Waals surface area contributed by atoms with Crippen LogP contribution in [0.5, 0.6) is 0 Å². The SMILES string of the molecule is O=C(Cn1c(=O)[nH]c2ccccc21)N1CCN(Cc2cccc(F)c2)CC1. The van der Waals surface area contributed by atoms with Crippen LogP contribution >= 0.6 is 0 Å². The van der Waals surface area contributed by atoms with Gasteiger partial charge in [-0.05, 0) is 29.8 Å². The molecule has 1 aromatic heterocycles. The van der Waals surface area contributed by atoms with Crippen molar-refractivity contribution >= 4 is 16.9 Å². The van der Waals surface area contributed by atoms with Crippen molar-refractivity contribution in [2.45, 2.75) is 13.1 Å². The van der Waals surface area contributed by atoms with Gasteiger partial charge in [-0.2, -0.15) is 0 Å². The van der Waals surface area contributed by atoms with E-state index in [1.807, 2.05) is 30.3 Å². The van der Waals surface area contributed by atoms with E-state index in [9.17, 15) is 14.0 Å². The van der Waals surface area contributed by atoms with E-state index in [1.165, 1.54) is 10.6 Å². The van der Waals surface area contributed by atoms with Crippen LogP contribution in [0.15, 0.2) is 53.3 Å². The summed E-state index contributed by atoms with van der Waals surface area (Å²) < 4.78 is 14.8. The van der Waals surface area contributed by atoms with E-state index >= 15 is 0 Å². The molecular weight excluding hydrogens is 347 g/mol. The van der Waals surface area contributed by atoms with Gasteiger partial charge in [0.1, 0.15) is 12.4 Å². The van der Waals surface area contributed by atoms with Gasteiger partial charge in [0.15, 0.2) is 0 Å². The number of nitrogens with zero attached hydrogens (tertiary/aromatic N) is 3. The molecule has 6 nitrogen and oxygen atoms in total. The van der Waals surface area contributed by atoms with Crippen LogP contribution in [0.3, 0.4) is 0 Å². The second-order valence-electron chi connectivity index (χ2n) is 6.82. The quantitative estimate of drug-likeness (QED) is 0.764. The molecule has 1 amide bonds. The molecule has 1 aliphatic heterocycles. The molecular formula is C20H21FN4O2. The van der Waals surface area contributed by atoms with Gasteiger partial charge in [0.25, 0.3) is 0 Å². The fraction of sp³-hybridized carbons (Fsp3) is 0.300. The smallest absolute Gasteiger partial charge is 0.326 e. The highest BCUT2D eigenvalue weighted by molar-refractivity contribution is 5.80. The maximum atomic E-state index is 13.3. The van der Waals surface area contributed by atoms with Gasteiger partial charge in [-0.1, -0.05) is 24.3 Å². The minimum absolute atomic E-state index is 0.0345. The molecule has 0 spiro atoms. The average molecular weight is 368 g/mol. The molecule has 4 rings (SSSR count). The number of hydrogen-bond donors (Lipinski definition) is 1. The van der Waals surface area contributed by atoms with E-state index in [4.69, 9.17) is 0 Å². The van der Waals surface area contributed by atoms with Gasteiger partial charge in [0.05, 0.1) is 11.0 Å². The number of para-hydroxylation sites is 2. The number of carbonyl (C=O) groups excluding carboxylic acids is 1. The zero-order valence-electron chi connectivity index (χ0n) is 14.9. The maximum absolute atomic E-state index is 13.3. The number of amides is 1. The predicted octanol–water partition coefficient (Wildman–Crippen LogP) is 1.81. The Morgan fingerprint density at radius 2 is 1.81 bits per heavy atom. The molecule has 0 unspecified atom stereocenters. The number of benzene rings is 2.